The van der Waals surface area contributed by atoms with Gasteiger partial charge in [0.15, 0.2) is 0 Å². The molecular formula is C12H13N3O2S. The zero-order valence-electron chi connectivity index (χ0n) is 9.91. The molecule has 2 aromatic rings. The minimum absolute atomic E-state index is 0.146. The highest BCUT2D eigenvalue weighted by Gasteiger charge is 2.35. The highest BCUT2D eigenvalue weighted by Crippen LogP contribution is 2.33. The Morgan fingerprint density at radius 2 is 2.33 bits per heavy atom. The van der Waals surface area contributed by atoms with Crippen molar-refractivity contribution in [2.24, 2.45) is 11.8 Å². The molecule has 6 heteroatoms. The molecule has 0 spiro atoms. The molecule has 5 nitrogen and oxygen atoms in total. The molecule has 1 N–H and O–H groups in total. The van der Waals surface area contributed by atoms with Crippen LogP contribution in [0.4, 0.5) is 5.82 Å². The van der Waals surface area contributed by atoms with Crippen molar-refractivity contribution < 1.29 is 9.90 Å². The Kier molecular flexibility index (Phi) is 2.66. The summed E-state index contributed by atoms with van der Waals surface area (Å²) in [4.78, 5) is 21.7. The molecule has 1 aliphatic heterocycles. The molecule has 0 amide bonds. The fraction of sp³-hybridized carbons (Fsp3) is 0.417. The largest absolute Gasteiger partial charge is 0.481 e. The smallest absolute Gasteiger partial charge is 0.308 e. The van der Waals surface area contributed by atoms with Crippen LogP contribution in [0.2, 0.25) is 0 Å². The molecule has 3 rings (SSSR count). The number of carbonyl (C=O) groups is 1. The summed E-state index contributed by atoms with van der Waals surface area (Å²) >= 11 is 1.60. The van der Waals surface area contributed by atoms with Crippen LogP contribution in [-0.4, -0.2) is 34.1 Å². The summed E-state index contributed by atoms with van der Waals surface area (Å²) in [5.74, 6) is -0.0189. The number of anilines is 1. The Bertz CT molecular complexity index is 598. The number of aliphatic carboxylic acids is 1. The van der Waals surface area contributed by atoms with Crippen LogP contribution < -0.4 is 4.90 Å². The summed E-state index contributed by atoms with van der Waals surface area (Å²) in [5.41, 5.74) is 0.927. The van der Waals surface area contributed by atoms with Crippen LogP contribution in [0, 0.1) is 11.8 Å². The molecule has 94 valence electrons. The van der Waals surface area contributed by atoms with E-state index in [1.165, 1.54) is 0 Å². The minimum atomic E-state index is -0.721. The van der Waals surface area contributed by atoms with Crippen molar-refractivity contribution in [1.29, 1.82) is 0 Å². The van der Waals surface area contributed by atoms with Crippen molar-refractivity contribution in [2.45, 2.75) is 6.92 Å². The van der Waals surface area contributed by atoms with E-state index in [0.717, 1.165) is 22.6 Å². The van der Waals surface area contributed by atoms with Gasteiger partial charge in [-0.15, -0.1) is 11.3 Å². The molecule has 2 atom stereocenters. The number of nitrogens with zero attached hydrogens (tertiary/aromatic N) is 3. The van der Waals surface area contributed by atoms with Gasteiger partial charge in [0.05, 0.1) is 16.1 Å². The second kappa shape index (κ2) is 4.20. The summed E-state index contributed by atoms with van der Waals surface area (Å²) < 4.78 is 1.04. The quantitative estimate of drug-likeness (QED) is 0.895. The molecule has 0 radical (unpaired) electrons. The van der Waals surface area contributed by atoms with Crippen LogP contribution in [0.5, 0.6) is 0 Å². The van der Waals surface area contributed by atoms with Gasteiger partial charge in [0.1, 0.15) is 12.1 Å². The lowest BCUT2D eigenvalue weighted by molar-refractivity contribution is -0.142. The highest BCUT2D eigenvalue weighted by molar-refractivity contribution is 7.17. The molecule has 1 saturated heterocycles. The number of aromatic nitrogens is 2. The van der Waals surface area contributed by atoms with E-state index < -0.39 is 5.97 Å². The van der Waals surface area contributed by atoms with Gasteiger partial charge in [-0.05, 0) is 17.4 Å². The number of rotatable bonds is 2. The van der Waals surface area contributed by atoms with Crippen molar-refractivity contribution >= 4 is 33.3 Å². The van der Waals surface area contributed by atoms with Crippen LogP contribution in [-0.2, 0) is 4.79 Å². The number of hydrogen-bond acceptors (Lipinski definition) is 5. The summed E-state index contributed by atoms with van der Waals surface area (Å²) in [6.07, 6.45) is 1.54. The molecule has 18 heavy (non-hydrogen) atoms. The Morgan fingerprint density at radius 1 is 1.50 bits per heavy atom. The van der Waals surface area contributed by atoms with Gasteiger partial charge in [0, 0.05) is 13.1 Å². The van der Waals surface area contributed by atoms with Crippen LogP contribution in [0.3, 0.4) is 0 Å². The van der Waals surface area contributed by atoms with Gasteiger partial charge in [-0.2, -0.15) is 0 Å². The summed E-state index contributed by atoms with van der Waals surface area (Å²) in [6, 6.07) is 1.96. The second-order valence-corrected chi connectivity index (χ2v) is 5.58. The lowest BCUT2D eigenvalue weighted by Crippen LogP contribution is -2.23. The second-order valence-electron chi connectivity index (χ2n) is 4.66. The zero-order chi connectivity index (χ0) is 12.7. The van der Waals surface area contributed by atoms with Gasteiger partial charge in [0.2, 0.25) is 0 Å². The van der Waals surface area contributed by atoms with Gasteiger partial charge in [0.25, 0.3) is 0 Å². The summed E-state index contributed by atoms with van der Waals surface area (Å²) in [7, 11) is 0. The lowest BCUT2D eigenvalue weighted by Gasteiger charge is -2.17. The van der Waals surface area contributed by atoms with Crippen molar-refractivity contribution in [3.63, 3.8) is 0 Å². The van der Waals surface area contributed by atoms with E-state index in [2.05, 4.69) is 14.9 Å². The molecule has 0 aromatic carbocycles. The molecule has 1 fully saturated rings. The van der Waals surface area contributed by atoms with Gasteiger partial charge < -0.3 is 10.0 Å². The van der Waals surface area contributed by atoms with E-state index in [4.69, 9.17) is 5.11 Å². The van der Waals surface area contributed by atoms with E-state index in [1.54, 1.807) is 17.7 Å². The minimum Gasteiger partial charge on any atom is -0.481 e. The normalized spacial score (nSPS) is 23.7. The highest BCUT2D eigenvalue weighted by atomic mass is 32.1. The molecule has 2 aromatic heterocycles. The Morgan fingerprint density at radius 3 is 3.06 bits per heavy atom. The molecule has 0 unspecified atom stereocenters. The van der Waals surface area contributed by atoms with E-state index >= 15 is 0 Å². The predicted octanol–water partition coefficient (Wildman–Crippen LogP) is 1.85. The molecule has 1 aliphatic rings. The maximum absolute atomic E-state index is 11.1. The third-order valence-corrected chi connectivity index (χ3v) is 4.35. The average molecular weight is 263 g/mol. The maximum atomic E-state index is 11.1. The van der Waals surface area contributed by atoms with Gasteiger partial charge in [-0.1, -0.05) is 6.92 Å². The topological polar surface area (TPSA) is 66.3 Å². The first-order chi connectivity index (χ1) is 8.66. The molecule has 0 saturated carbocycles. The van der Waals surface area contributed by atoms with E-state index in [1.807, 2.05) is 18.4 Å². The van der Waals surface area contributed by atoms with Crippen molar-refractivity contribution in [1.82, 2.24) is 9.97 Å². The van der Waals surface area contributed by atoms with E-state index in [0.29, 0.717) is 6.54 Å². The van der Waals surface area contributed by atoms with Gasteiger partial charge in [-0.3, -0.25) is 4.79 Å². The zero-order valence-corrected chi connectivity index (χ0v) is 10.7. The third-order valence-electron chi connectivity index (χ3n) is 3.45. The maximum Gasteiger partial charge on any atom is 0.308 e. The Labute approximate surface area is 108 Å². The first-order valence-corrected chi connectivity index (χ1v) is 6.70. The summed E-state index contributed by atoms with van der Waals surface area (Å²) in [6.45, 7) is 3.24. The summed E-state index contributed by atoms with van der Waals surface area (Å²) in [5, 5.41) is 11.1. The van der Waals surface area contributed by atoms with Crippen LogP contribution in [0.25, 0.3) is 10.2 Å². The van der Waals surface area contributed by atoms with E-state index in [-0.39, 0.29) is 11.8 Å². The molecular weight excluding hydrogens is 250 g/mol. The predicted molar refractivity (Wildman–Crippen MR) is 69.9 cm³/mol. The Balaban J connectivity index is 1.97. The first kappa shape index (κ1) is 11.4. The first-order valence-electron chi connectivity index (χ1n) is 5.83. The molecule has 3 heterocycles. The molecule has 0 aliphatic carbocycles. The van der Waals surface area contributed by atoms with Crippen LogP contribution in [0.1, 0.15) is 6.92 Å². The third kappa shape index (κ3) is 1.73. The number of carboxylic acids is 1. The fourth-order valence-electron chi connectivity index (χ4n) is 2.46. The molecule has 0 bridgehead atoms. The SMILES string of the molecule is C[C@@H]1CN(c2ncnc3ccsc23)C[C@H]1C(=O)O. The number of fused-ring (bicyclic) bond motifs is 1. The lowest BCUT2D eigenvalue weighted by atomic mass is 9.99. The van der Waals surface area contributed by atoms with Gasteiger partial charge in [-0.25, -0.2) is 9.97 Å². The standard InChI is InChI=1S/C12H13N3O2S/c1-7-4-15(5-8(7)12(16)17)11-10-9(2-3-18-10)13-6-14-11/h2-3,6-8H,4-5H2,1H3,(H,16,17)/t7-,8-/m1/s1. The van der Waals surface area contributed by atoms with Crippen LogP contribution in [0.15, 0.2) is 17.8 Å². The van der Waals surface area contributed by atoms with E-state index in [9.17, 15) is 4.79 Å². The number of hydrogen-bond donors (Lipinski definition) is 1. The van der Waals surface area contributed by atoms with Crippen LogP contribution >= 0.6 is 11.3 Å². The van der Waals surface area contributed by atoms with Crippen molar-refractivity contribution in [3.05, 3.63) is 17.8 Å². The average Bonchev–Trinajstić information content (AvgIpc) is 2.94. The fourth-order valence-corrected chi connectivity index (χ4v) is 3.32. The van der Waals surface area contributed by atoms with Crippen molar-refractivity contribution in [2.75, 3.05) is 18.0 Å². The Hall–Kier alpha value is -1.69. The monoisotopic (exact) mass is 263 g/mol. The van der Waals surface area contributed by atoms with Gasteiger partial charge >= 0.3 is 5.97 Å². The number of carboxylic acid groups (broad SMARTS) is 1. The van der Waals surface area contributed by atoms with Crippen molar-refractivity contribution in [3.8, 4) is 0 Å². The number of thiophene rings is 1.